The number of hydrogen-bond acceptors (Lipinski definition) is 2. The molecule has 290 valence electrons. The van der Waals surface area contributed by atoms with Crippen molar-refractivity contribution in [2.45, 2.75) is 0 Å². The maximum atomic E-state index is 5.07. The van der Waals surface area contributed by atoms with Gasteiger partial charge >= 0.3 is 0 Å². The van der Waals surface area contributed by atoms with E-state index in [2.05, 4.69) is 203 Å². The van der Waals surface area contributed by atoms with Crippen molar-refractivity contribution in [3.63, 3.8) is 0 Å². The number of fused-ring (bicyclic) bond motifs is 6. The summed E-state index contributed by atoms with van der Waals surface area (Å²) in [6, 6.07) is 82.1. The molecule has 3 aromatic heterocycles. The zero-order valence-corrected chi connectivity index (χ0v) is 33.7. The highest BCUT2D eigenvalue weighted by molar-refractivity contribution is 6.11. The lowest BCUT2D eigenvalue weighted by Gasteiger charge is -2.11. The molecule has 0 N–H and O–H groups in total. The Morgan fingerprint density at radius 1 is 0.242 bits per heavy atom. The van der Waals surface area contributed by atoms with E-state index in [1.54, 1.807) is 0 Å². The molecule has 4 heteroatoms. The van der Waals surface area contributed by atoms with Crippen LogP contribution in [0.1, 0.15) is 0 Å². The Balaban J connectivity index is 0.886. The van der Waals surface area contributed by atoms with Crippen LogP contribution in [0.4, 0.5) is 0 Å². The molecule has 0 bridgehead atoms. The molecule has 0 aliphatic heterocycles. The Morgan fingerprint density at radius 2 is 0.613 bits per heavy atom. The molecule has 0 aliphatic rings. The summed E-state index contributed by atoms with van der Waals surface area (Å²) in [4.78, 5) is 10.1. The van der Waals surface area contributed by atoms with Gasteiger partial charge in [-0.2, -0.15) is 0 Å². The Labute approximate surface area is 359 Å². The van der Waals surface area contributed by atoms with Gasteiger partial charge in [0, 0.05) is 49.6 Å². The summed E-state index contributed by atoms with van der Waals surface area (Å²) in [5, 5.41) is 4.95. The molecule has 4 nitrogen and oxygen atoms in total. The van der Waals surface area contributed by atoms with Crippen LogP contribution in [0.5, 0.6) is 0 Å². The Morgan fingerprint density at radius 3 is 1.10 bits per heavy atom. The highest BCUT2D eigenvalue weighted by atomic mass is 15.0. The van der Waals surface area contributed by atoms with Crippen LogP contribution >= 0.6 is 0 Å². The summed E-state index contributed by atoms with van der Waals surface area (Å²) in [7, 11) is 0. The summed E-state index contributed by atoms with van der Waals surface area (Å²) in [5.41, 5.74) is 16.7. The lowest BCUT2D eigenvalue weighted by Crippen LogP contribution is -1.97. The van der Waals surface area contributed by atoms with E-state index in [-0.39, 0.29) is 0 Å². The van der Waals surface area contributed by atoms with Crippen molar-refractivity contribution in [2.75, 3.05) is 0 Å². The van der Waals surface area contributed by atoms with Crippen LogP contribution < -0.4 is 0 Å². The number of benzene rings is 9. The maximum absolute atomic E-state index is 5.07. The number of nitrogens with zero attached hydrogens (tertiary/aromatic N) is 4. The number of rotatable bonds is 7. The Hall–Kier alpha value is -8.34. The van der Waals surface area contributed by atoms with Gasteiger partial charge in [0.05, 0.1) is 33.5 Å². The molecule has 9 aromatic carbocycles. The summed E-state index contributed by atoms with van der Waals surface area (Å²) in [5.74, 6) is 0.700. The average Bonchev–Trinajstić information content (AvgIpc) is 3.87. The van der Waals surface area contributed by atoms with Crippen molar-refractivity contribution in [2.24, 2.45) is 0 Å². The summed E-state index contributed by atoms with van der Waals surface area (Å²) in [6.07, 6.45) is 0. The van der Waals surface area contributed by atoms with Gasteiger partial charge in [-0.1, -0.05) is 152 Å². The molecule has 0 aliphatic carbocycles. The van der Waals surface area contributed by atoms with E-state index in [0.717, 1.165) is 39.3 Å². The molecule has 0 unspecified atom stereocenters. The lowest BCUT2D eigenvalue weighted by molar-refractivity contribution is 1.16. The first kappa shape index (κ1) is 35.6. The summed E-state index contributed by atoms with van der Waals surface area (Å²) in [6.45, 7) is 0. The second-order valence-electron chi connectivity index (χ2n) is 15.8. The second kappa shape index (κ2) is 14.7. The third-order valence-electron chi connectivity index (χ3n) is 12.2. The van der Waals surface area contributed by atoms with Crippen LogP contribution in [0.3, 0.4) is 0 Å². The minimum absolute atomic E-state index is 0.700. The molecular formula is C58H38N4. The zero-order chi connectivity index (χ0) is 41.0. The highest BCUT2D eigenvalue weighted by Gasteiger charge is 2.17. The standard InChI is InChI=1S/C58H38N4/c1-4-14-41(15-5-1)52-38-53(42-16-6-2-7-17-42)60-58(59-52)43-28-32-47(33-29-43)62-55-23-13-11-21-49(55)51-37-45(31-35-57(51)62)40-26-24-39(25-27-40)44-30-34-56-50(36-44)48-20-10-12-22-54(48)61(56)46-18-8-3-9-19-46/h1-38H. The van der Waals surface area contributed by atoms with E-state index in [4.69, 9.17) is 9.97 Å². The monoisotopic (exact) mass is 790 g/mol. The van der Waals surface area contributed by atoms with Gasteiger partial charge in [0.25, 0.3) is 0 Å². The van der Waals surface area contributed by atoms with Gasteiger partial charge in [0.1, 0.15) is 0 Å². The molecule has 0 fully saturated rings. The molecule has 12 rings (SSSR count). The first-order valence-corrected chi connectivity index (χ1v) is 21.1. The van der Waals surface area contributed by atoms with Crippen LogP contribution in [0.15, 0.2) is 231 Å². The van der Waals surface area contributed by atoms with Gasteiger partial charge in [0.15, 0.2) is 5.82 Å². The van der Waals surface area contributed by atoms with E-state index in [1.807, 2.05) is 36.4 Å². The van der Waals surface area contributed by atoms with Gasteiger partial charge < -0.3 is 9.13 Å². The molecule has 0 atom stereocenters. The first-order valence-electron chi connectivity index (χ1n) is 21.1. The van der Waals surface area contributed by atoms with E-state index < -0.39 is 0 Å². The quantitative estimate of drug-likeness (QED) is 0.161. The van der Waals surface area contributed by atoms with Gasteiger partial charge in [-0.3, -0.25) is 0 Å². The van der Waals surface area contributed by atoms with Crippen LogP contribution in [-0.4, -0.2) is 19.1 Å². The van der Waals surface area contributed by atoms with Gasteiger partial charge in [-0.25, -0.2) is 9.97 Å². The molecule has 0 spiro atoms. The SMILES string of the molecule is c1ccc(-c2cc(-c3ccccc3)nc(-c3ccc(-n4c5ccccc5c5cc(-c6ccc(-c7ccc8c(c7)c7ccccc7n8-c7ccccc7)cc6)ccc54)cc3)n2)cc1. The van der Waals surface area contributed by atoms with E-state index in [9.17, 15) is 0 Å². The summed E-state index contributed by atoms with van der Waals surface area (Å²) >= 11 is 0. The fourth-order valence-corrected chi connectivity index (χ4v) is 9.14. The molecule has 0 saturated carbocycles. The molecule has 0 amide bonds. The van der Waals surface area contributed by atoms with Gasteiger partial charge in [-0.05, 0) is 101 Å². The first-order chi connectivity index (χ1) is 30.7. The van der Waals surface area contributed by atoms with Crippen LogP contribution in [0, 0.1) is 0 Å². The third-order valence-corrected chi connectivity index (χ3v) is 12.2. The number of hydrogen-bond donors (Lipinski definition) is 0. The van der Waals surface area contributed by atoms with E-state index in [1.165, 1.54) is 66.0 Å². The van der Waals surface area contributed by atoms with Crippen molar-refractivity contribution in [1.82, 2.24) is 19.1 Å². The second-order valence-corrected chi connectivity index (χ2v) is 15.8. The van der Waals surface area contributed by atoms with Crippen molar-refractivity contribution in [3.8, 4) is 67.5 Å². The fraction of sp³-hybridized carbons (Fsp3) is 0. The predicted molar refractivity (Wildman–Crippen MR) is 258 cm³/mol. The van der Waals surface area contributed by atoms with Crippen LogP contribution in [0.25, 0.3) is 111 Å². The fourth-order valence-electron chi connectivity index (χ4n) is 9.14. The number of para-hydroxylation sites is 3. The maximum Gasteiger partial charge on any atom is 0.160 e. The van der Waals surface area contributed by atoms with Crippen LogP contribution in [0.2, 0.25) is 0 Å². The predicted octanol–water partition coefficient (Wildman–Crippen LogP) is 15.0. The minimum Gasteiger partial charge on any atom is -0.309 e. The molecular weight excluding hydrogens is 753 g/mol. The summed E-state index contributed by atoms with van der Waals surface area (Å²) < 4.78 is 4.73. The highest BCUT2D eigenvalue weighted by Crippen LogP contribution is 2.38. The van der Waals surface area contributed by atoms with E-state index in [0.29, 0.717) is 5.82 Å². The molecule has 62 heavy (non-hydrogen) atoms. The third kappa shape index (κ3) is 6.08. The number of aromatic nitrogens is 4. The van der Waals surface area contributed by atoms with Crippen molar-refractivity contribution < 1.29 is 0 Å². The molecule has 12 aromatic rings. The Bertz CT molecular complexity index is 3530. The average molecular weight is 791 g/mol. The largest absolute Gasteiger partial charge is 0.309 e. The van der Waals surface area contributed by atoms with Gasteiger partial charge in [0.2, 0.25) is 0 Å². The molecule has 0 radical (unpaired) electrons. The van der Waals surface area contributed by atoms with Crippen molar-refractivity contribution >= 4 is 43.6 Å². The zero-order valence-electron chi connectivity index (χ0n) is 33.7. The van der Waals surface area contributed by atoms with Crippen molar-refractivity contribution in [3.05, 3.63) is 231 Å². The van der Waals surface area contributed by atoms with Gasteiger partial charge in [-0.15, -0.1) is 0 Å². The van der Waals surface area contributed by atoms with Crippen molar-refractivity contribution in [1.29, 1.82) is 0 Å². The topological polar surface area (TPSA) is 35.6 Å². The Kier molecular flexibility index (Phi) is 8.46. The normalized spacial score (nSPS) is 11.5. The lowest BCUT2D eigenvalue weighted by atomic mass is 9.98. The smallest absolute Gasteiger partial charge is 0.160 e. The van der Waals surface area contributed by atoms with E-state index >= 15 is 0 Å². The molecule has 0 saturated heterocycles. The minimum atomic E-state index is 0.700. The molecule has 3 heterocycles. The van der Waals surface area contributed by atoms with Crippen LogP contribution in [-0.2, 0) is 0 Å².